The lowest BCUT2D eigenvalue weighted by Gasteiger charge is -2.42. The molecular formula is C23H28N2O3. The van der Waals surface area contributed by atoms with Gasteiger partial charge in [-0.25, -0.2) is 0 Å². The highest BCUT2D eigenvalue weighted by Gasteiger charge is 2.50. The minimum Gasteiger partial charge on any atom is -0.493 e. The number of likely N-dealkylation sites (N-methyl/N-ethyl adjacent to an activating group) is 1. The highest BCUT2D eigenvalue weighted by atomic mass is 16.6. The van der Waals surface area contributed by atoms with Gasteiger partial charge in [-0.1, -0.05) is 29.4 Å². The van der Waals surface area contributed by atoms with Crippen LogP contribution in [0.25, 0.3) is 0 Å². The van der Waals surface area contributed by atoms with Gasteiger partial charge in [-0.05, 0) is 62.7 Å². The van der Waals surface area contributed by atoms with Crippen LogP contribution in [0.5, 0.6) is 17.2 Å². The second-order valence-corrected chi connectivity index (χ2v) is 7.74. The first-order chi connectivity index (χ1) is 13.7. The number of benzene rings is 2. The van der Waals surface area contributed by atoms with Gasteiger partial charge in [0.1, 0.15) is 0 Å². The summed E-state index contributed by atoms with van der Waals surface area (Å²) < 4.78 is 11.0. The molecule has 0 N–H and O–H groups in total. The Balaban J connectivity index is 1.59. The standard InChI is InChI=1S/C23H28N2O3/c1-25-14-13-23(17-9-10-20(26-2)21(15-17)27-3)12-11-18(16-22(23)25)24-28-19-7-5-4-6-8-19/h4-10,15,22H,11-14,16H2,1-3H3/b24-18+. The number of oxime groups is 1. The first kappa shape index (κ1) is 18.8. The molecule has 1 saturated carbocycles. The second kappa shape index (κ2) is 7.84. The maximum Gasteiger partial charge on any atom is 0.161 e. The summed E-state index contributed by atoms with van der Waals surface area (Å²) in [6, 6.07) is 16.6. The molecule has 5 nitrogen and oxygen atoms in total. The van der Waals surface area contributed by atoms with Crippen LogP contribution in [0.2, 0.25) is 0 Å². The summed E-state index contributed by atoms with van der Waals surface area (Å²) in [7, 11) is 5.59. The highest BCUT2D eigenvalue weighted by molar-refractivity contribution is 5.86. The number of hydrogen-bond donors (Lipinski definition) is 0. The monoisotopic (exact) mass is 380 g/mol. The Morgan fingerprint density at radius 1 is 1.00 bits per heavy atom. The van der Waals surface area contributed by atoms with Gasteiger partial charge in [0.05, 0.1) is 19.9 Å². The fraction of sp³-hybridized carbons (Fsp3) is 0.435. The lowest BCUT2D eigenvalue weighted by Crippen LogP contribution is -2.46. The molecule has 0 amide bonds. The SMILES string of the molecule is COc1ccc(C23CC/C(=N\Oc4ccccc4)CC2N(C)CC3)cc1OC. The molecule has 0 aromatic heterocycles. The minimum absolute atomic E-state index is 0.125. The Kier molecular flexibility index (Phi) is 5.27. The zero-order chi connectivity index (χ0) is 19.6. The van der Waals surface area contributed by atoms with Crippen LogP contribution in [0.4, 0.5) is 0 Å². The summed E-state index contributed by atoms with van der Waals surface area (Å²) in [6.07, 6.45) is 4.09. The number of methoxy groups -OCH3 is 2. The van der Waals surface area contributed by atoms with Gasteiger partial charge in [0.25, 0.3) is 0 Å². The Morgan fingerprint density at radius 3 is 2.54 bits per heavy atom. The summed E-state index contributed by atoms with van der Waals surface area (Å²) in [5.41, 5.74) is 2.60. The third kappa shape index (κ3) is 3.35. The molecule has 2 aromatic carbocycles. The average Bonchev–Trinajstić information content (AvgIpc) is 3.09. The van der Waals surface area contributed by atoms with E-state index in [0.29, 0.717) is 6.04 Å². The molecule has 0 bridgehead atoms. The molecule has 1 saturated heterocycles. The summed E-state index contributed by atoms with van der Waals surface area (Å²) in [6.45, 7) is 1.09. The van der Waals surface area contributed by atoms with Crippen molar-refractivity contribution in [2.75, 3.05) is 27.8 Å². The van der Waals surface area contributed by atoms with Gasteiger partial charge >= 0.3 is 0 Å². The van der Waals surface area contributed by atoms with E-state index < -0.39 is 0 Å². The molecule has 1 aliphatic carbocycles. The van der Waals surface area contributed by atoms with Gasteiger partial charge in [-0.3, -0.25) is 0 Å². The van der Waals surface area contributed by atoms with Crippen molar-refractivity contribution in [3.63, 3.8) is 0 Å². The minimum atomic E-state index is 0.125. The lowest BCUT2D eigenvalue weighted by atomic mass is 9.65. The molecule has 0 spiro atoms. The molecule has 5 heteroatoms. The largest absolute Gasteiger partial charge is 0.493 e. The molecule has 28 heavy (non-hydrogen) atoms. The third-order valence-corrected chi connectivity index (χ3v) is 6.35. The number of likely N-dealkylation sites (tertiary alicyclic amines) is 1. The molecule has 2 aliphatic rings. The summed E-state index contributed by atoms with van der Waals surface area (Å²) in [5.74, 6) is 2.36. The van der Waals surface area contributed by atoms with Crippen LogP contribution in [0, 0.1) is 0 Å². The maximum atomic E-state index is 5.67. The molecule has 4 rings (SSSR count). The Bertz CT molecular complexity index is 852. The van der Waals surface area contributed by atoms with Gasteiger partial charge in [-0.15, -0.1) is 0 Å². The van der Waals surface area contributed by atoms with Crippen molar-refractivity contribution in [3.05, 3.63) is 54.1 Å². The van der Waals surface area contributed by atoms with Crippen molar-refractivity contribution in [3.8, 4) is 17.2 Å². The van der Waals surface area contributed by atoms with Crippen molar-refractivity contribution in [1.29, 1.82) is 0 Å². The van der Waals surface area contributed by atoms with Crippen LogP contribution in [0.3, 0.4) is 0 Å². The number of hydrogen-bond acceptors (Lipinski definition) is 5. The van der Waals surface area contributed by atoms with Crippen molar-refractivity contribution >= 4 is 5.71 Å². The number of para-hydroxylation sites is 1. The Morgan fingerprint density at radius 2 is 1.79 bits per heavy atom. The van der Waals surface area contributed by atoms with E-state index >= 15 is 0 Å². The van der Waals surface area contributed by atoms with Gasteiger partial charge in [0.2, 0.25) is 0 Å². The summed E-state index contributed by atoms with van der Waals surface area (Å²) in [5, 5.41) is 4.48. The van der Waals surface area contributed by atoms with Crippen LogP contribution in [-0.2, 0) is 5.41 Å². The highest BCUT2D eigenvalue weighted by Crippen LogP contribution is 2.49. The van der Waals surface area contributed by atoms with Crippen molar-refractivity contribution in [2.45, 2.75) is 37.1 Å². The van der Waals surface area contributed by atoms with E-state index in [9.17, 15) is 0 Å². The van der Waals surface area contributed by atoms with E-state index in [4.69, 9.17) is 14.3 Å². The van der Waals surface area contributed by atoms with Crippen molar-refractivity contribution in [1.82, 2.24) is 4.90 Å². The number of rotatable bonds is 5. The quantitative estimate of drug-likeness (QED) is 0.727. The molecule has 2 unspecified atom stereocenters. The molecule has 148 valence electrons. The van der Waals surface area contributed by atoms with Gasteiger partial charge in [-0.2, -0.15) is 0 Å². The Hall–Kier alpha value is -2.53. The maximum absolute atomic E-state index is 5.67. The lowest BCUT2D eigenvalue weighted by molar-refractivity contribution is 0.222. The number of nitrogens with zero attached hydrogens (tertiary/aromatic N) is 2. The molecule has 1 aliphatic heterocycles. The van der Waals surface area contributed by atoms with Crippen LogP contribution < -0.4 is 14.3 Å². The van der Waals surface area contributed by atoms with Gasteiger partial charge < -0.3 is 19.2 Å². The predicted octanol–water partition coefficient (Wildman–Crippen LogP) is 4.26. The van der Waals surface area contributed by atoms with Crippen LogP contribution in [-0.4, -0.2) is 44.5 Å². The predicted molar refractivity (Wildman–Crippen MR) is 111 cm³/mol. The van der Waals surface area contributed by atoms with E-state index in [2.05, 4.69) is 29.2 Å². The van der Waals surface area contributed by atoms with Crippen LogP contribution in [0.1, 0.15) is 31.2 Å². The Labute approximate surface area is 166 Å². The van der Waals surface area contributed by atoms with E-state index in [0.717, 1.165) is 55.2 Å². The first-order valence-corrected chi connectivity index (χ1v) is 9.87. The zero-order valence-electron chi connectivity index (χ0n) is 16.9. The van der Waals surface area contributed by atoms with E-state index in [1.165, 1.54) is 5.56 Å². The summed E-state index contributed by atoms with van der Waals surface area (Å²) >= 11 is 0. The fourth-order valence-corrected chi connectivity index (χ4v) is 4.76. The molecular weight excluding hydrogens is 352 g/mol. The zero-order valence-corrected chi connectivity index (χ0v) is 16.9. The molecule has 1 heterocycles. The number of fused-ring (bicyclic) bond motifs is 1. The molecule has 2 aromatic rings. The van der Waals surface area contributed by atoms with Crippen molar-refractivity contribution < 1.29 is 14.3 Å². The number of ether oxygens (including phenoxy) is 2. The fourth-order valence-electron chi connectivity index (χ4n) is 4.76. The molecule has 2 atom stereocenters. The molecule has 0 radical (unpaired) electrons. The van der Waals surface area contributed by atoms with Gasteiger partial charge in [0.15, 0.2) is 17.2 Å². The third-order valence-electron chi connectivity index (χ3n) is 6.35. The smallest absolute Gasteiger partial charge is 0.161 e. The average molecular weight is 380 g/mol. The topological polar surface area (TPSA) is 43.3 Å². The summed E-state index contributed by atoms with van der Waals surface area (Å²) in [4.78, 5) is 8.13. The molecule has 2 fully saturated rings. The van der Waals surface area contributed by atoms with Crippen LogP contribution >= 0.6 is 0 Å². The second-order valence-electron chi connectivity index (χ2n) is 7.74. The normalized spacial score (nSPS) is 26.1. The van der Waals surface area contributed by atoms with Gasteiger partial charge in [0, 0.05) is 17.9 Å². The van der Waals surface area contributed by atoms with Crippen LogP contribution in [0.15, 0.2) is 53.7 Å². The van der Waals surface area contributed by atoms with Crippen molar-refractivity contribution in [2.24, 2.45) is 5.16 Å². The first-order valence-electron chi connectivity index (χ1n) is 9.87. The van der Waals surface area contributed by atoms with E-state index in [-0.39, 0.29) is 5.41 Å². The van der Waals surface area contributed by atoms with E-state index in [1.807, 2.05) is 36.4 Å². The van der Waals surface area contributed by atoms with E-state index in [1.54, 1.807) is 14.2 Å².